The van der Waals surface area contributed by atoms with Gasteiger partial charge in [-0.05, 0) is 24.6 Å². The van der Waals surface area contributed by atoms with E-state index in [1.165, 1.54) is 6.20 Å². The third-order valence-corrected chi connectivity index (χ3v) is 2.93. The van der Waals surface area contributed by atoms with Crippen molar-refractivity contribution in [2.75, 3.05) is 5.73 Å². The van der Waals surface area contributed by atoms with Crippen molar-refractivity contribution in [2.24, 2.45) is 0 Å². The maximum Gasteiger partial charge on any atom is 0.212 e. The number of ketones is 1. The predicted octanol–water partition coefficient (Wildman–Crippen LogP) is 2.26. The molecule has 0 fully saturated rings. The number of benzene rings is 1. The monoisotopic (exact) mass is 308 g/mol. The van der Waals surface area contributed by atoms with Crippen LogP contribution in [0.15, 0.2) is 28.9 Å². The zero-order valence-corrected chi connectivity index (χ0v) is 11.5. The Morgan fingerprint density at radius 3 is 2.89 bits per heavy atom. The number of carbonyl (C=O) groups excluding carboxylic acids is 1. The van der Waals surface area contributed by atoms with Gasteiger partial charge in [0.2, 0.25) is 5.78 Å². The van der Waals surface area contributed by atoms with E-state index in [1.54, 1.807) is 22.9 Å². The van der Waals surface area contributed by atoms with Gasteiger partial charge < -0.3 is 5.73 Å². The molecule has 2 rings (SSSR count). The van der Waals surface area contributed by atoms with Gasteiger partial charge in [0.1, 0.15) is 5.69 Å². The number of nitrogens with two attached hydrogens (primary N) is 1. The van der Waals surface area contributed by atoms with E-state index in [0.717, 1.165) is 10.9 Å². The molecule has 0 unspecified atom stereocenters. The van der Waals surface area contributed by atoms with Crippen LogP contribution in [-0.2, 0) is 6.54 Å². The molecule has 18 heavy (non-hydrogen) atoms. The van der Waals surface area contributed by atoms with Gasteiger partial charge >= 0.3 is 0 Å². The summed E-state index contributed by atoms with van der Waals surface area (Å²) in [6.07, 6.45) is 2.37. The molecular formula is C12H13BrN4O. The lowest BCUT2D eigenvalue weighted by molar-refractivity contribution is 0.102. The second kappa shape index (κ2) is 5.30. The summed E-state index contributed by atoms with van der Waals surface area (Å²) in [6.45, 7) is 2.69. The number of halogens is 1. The molecule has 6 heteroatoms. The Hall–Kier alpha value is -1.69. The first kappa shape index (κ1) is 12.8. The van der Waals surface area contributed by atoms with Gasteiger partial charge in [0.15, 0.2) is 0 Å². The van der Waals surface area contributed by atoms with Crippen LogP contribution in [0, 0.1) is 0 Å². The molecule has 0 spiro atoms. The summed E-state index contributed by atoms with van der Waals surface area (Å²) in [5.74, 6) is -0.124. The molecule has 2 N–H and O–H groups in total. The van der Waals surface area contributed by atoms with Gasteiger partial charge in [-0.3, -0.25) is 4.79 Å². The van der Waals surface area contributed by atoms with Gasteiger partial charge in [-0.25, -0.2) is 4.68 Å². The predicted molar refractivity (Wildman–Crippen MR) is 72.3 cm³/mol. The minimum Gasteiger partial charge on any atom is -0.399 e. The molecule has 5 nitrogen and oxygen atoms in total. The summed E-state index contributed by atoms with van der Waals surface area (Å²) >= 11 is 3.32. The number of anilines is 1. The number of aromatic nitrogens is 3. The zero-order valence-electron chi connectivity index (χ0n) is 9.93. The molecule has 0 saturated heterocycles. The van der Waals surface area contributed by atoms with E-state index in [2.05, 4.69) is 26.2 Å². The second-order valence-corrected chi connectivity index (χ2v) is 4.86. The van der Waals surface area contributed by atoms with Gasteiger partial charge in [-0.1, -0.05) is 28.1 Å². The first-order valence-corrected chi connectivity index (χ1v) is 6.40. The number of carbonyl (C=O) groups is 1. The average molecular weight is 309 g/mol. The van der Waals surface area contributed by atoms with Gasteiger partial charge in [0.05, 0.1) is 6.20 Å². The van der Waals surface area contributed by atoms with Crippen LogP contribution >= 0.6 is 15.9 Å². The number of hydrogen-bond donors (Lipinski definition) is 1. The van der Waals surface area contributed by atoms with Gasteiger partial charge in [-0.2, -0.15) is 0 Å². The molecule has 0 aliphatic rings. The number of aryl methyl sites for hydroxylation is 1. The van der Waals surface area contributed by atoms with E-state index in [4.69, 9.17) is 5.73 Å². The largest absolute Gasteiger partial charge is 0.399 e. The zero-order chi connectivity index (χ0) is 13.1. The van der Waals surface area contributed by atoms with Gasteiger partial charge in [0.25, 0.3) is 0 Å². The SMILES string of the molecule is CCCn1nncc1C(=O)c1cc(N)cc(Br)c1. The summed E-state index contributed by atoms with van der Waals surface area (Å²) in [5.41, 5.74) is 7.28. The van der Waals surface area contributed by atoms with E-state index < -0.39 is 0 Å². The van der Waals surface area contributed by atoms with Crippen molar-refractivity contribution in [3.05, 3.63) is 40.1 Å². The summed E-state index contributed by atoms with van der Waals surface area (Å²) in [4.78, 5) is 12.3. The quantitative estimate of drug-likeness (QED) is 0.694. The molecule has 1 aromatic heterocycles. The standard InChI is InChI=1S/C12H13BrN4O/c1-2-3-17-11(7-15-16-17)12(18)8-4-9(13)6-10(14)5-8/h4-7H,2-3,14H2,1H3. The normalized spacial score (nSPS) is 10.6. The highest BCUT2D eigenvalue weighted by atomic mass is 79.9. The lowest BCUT2D eigenvalue weighted by Crippen LogP contribution is -2.11. The number of nitrogen functional groups attached to an aromatic ring is 1. The number of rotatable bonds is 4. The van der Waals surface area contributed by atoms with Gasteiger partial charge in [0, 0.05) is 22.3 Å². The van der Waals surface area contributed by atoms with Crippen LogP contribution in [0.4, 0.5) is 5.69 Å². The van der Waals surface area contributed by atoms with Crippen LogP contribution in [0.5, 0.6) is 0 Å². The van der Waals surface area contributed by atoms with Crippen LogP contribution < -0.4 is 5.73 Å². The highest BCUT2D eigenvalue weighted by molar-refractivity contribution is 9.10. The number of nitrogens with zero attached hydrogens (tertiary/aromatic N) is 3. The molecule has 94 valence electrons. The lowest BCUT2D eigenvalue weighted by atomic mass is 10.1. The van der Waals surface area contributed by atoms with E-state index in [-0.39, 0.29) is 5.78 Å². The Labute approximate surface area is 113 Å². The lowest BCUT2D eigenvalue weighted by Gasteiger charge is -2.05. The third-order valence-electron chi connectivity index (χ3n) is 2.47. The molecule has 2 aromatic rings. The van der Waals surface area contributed by atoms with Crippen LogP contribution in [0.1, 0.15) is 29.4 Å². The molecule has 0 amide bonds. The highest BCUT2D eigenvalue weighted by Crippen LogP contribution is 2.19. The average Bonchev–Trinajstić information content (AvgIpc) is 2.75. The minimum atomic E-state index is -0.124. The van der Waals surface area contributed by atoms with E-state index in [9.17, 15) is 4.79 Å². The fourth-order valence-corrected chi connectivity index (χ4v) is 2.21. The maximum atomic E-state index is 12.3. The van der Waals surface area contributed by atoms with E-state index in [0.29, 0.717) is 23.5 Å². The Morgan fingerprint density at radius 1 is 1.44 bits per heavy atom. The molecule has 0 aliphatic carbocycles. The Bertz CT molecular complexity index is 559. The van der Waals surface area contributed by atoms with Crippen LogP contribution in [0.3, 0.4) is 0 Å². The Morgan fingerprint density at radius 2 is 2.22 bits per heavy atom. The molecule has 0 aliphatic heterocycles. The molecule has 1 heterocycles. The summed E-state index contributed by atoms with van der Waals surface area (Å²) in [7, 11) is 0. The molecule has 0 saturated carbocycles. The van der Waals surface area contributed by atoms with Crippen molar-refractivity contribution in [1.82, 2.24) is 15.0 Å². The minimum absolute atomic E-state index is 0.124. The van der Waals surface area contributed by atoms with Crippen LogP contribution in [-0.4, -0.2) is 20.8 Å². The number of hydrogen-bond acceptors (Lipinski definition) is 4. The van der Waals surface area contributed by atoms with Crippen molar-refractivity contribution >= 4 is 27.4 Å². The fourth-order valence-electron chi connectivity index (χ4n) is 1.70. The summed E-state index contributed by atoms with van der Waals surface area (Å²) in [6, 6.07) is 5.14. The fraction of sp³-hybridized carbons (Fsp3) is 0.250. The second-order valence-electron chi connectivity index (χ2n) is 3.94. The van der Waals surface area contributed by atoms with E-state index in [1.807, 2.05) is 6.92 Å². The van der Waals surface area contributed by atoms with Crippen molar-refractivity contribution in [1.29, 1.82) is 0 Å². The molecule has 0 atom stereocenters. The van der Waals surface area contributed by atoms with Crippen LogP contribution in [0.2, 0.25) is 0 Å². The van der Waals surface area contributed by atoms with Crippen molar-refractivity contribution in [3.8, 4) is 0 Å². The molecule has 1 aromatic carbocycles. The third kappa shape index (κ3) is 2.59. The van der Waals surface area contributed by atoms with E-state index >= 15 is 0 Å². The van der Waals surface area contributed by atoms with Gasteiger partial charge in [-0.15, -0.1) is 5.10 Å². The maximum absolute atomic E-state index is 12.3. The summed E-state index contributed by atoms with van der Waals surface area (Å²) in [5, 5.41) is 7.68. The van der Waals surface area contributed by atoms with Crippen molar-refractivity contribution in [2.45, 2.75) is 19.9 Å². The first-order valence-electron chi connectivity index (χ1n) is 5.61. The Balaban J connectivity index is 2.38. The van der Waals surface area contributed by atoms with Crippen molar-refractivity contribution in [3.63, 3.8) is 0 Å². The molecule has 0 bridgehead atoms. The van der Waals surface area contributed by atoms with Crippen LogP contribution in [0.25, 0.3) is 0 Å². The first-order chi connectivity index (χ1) is 8.61. The molecule has 0 radical (unpaired) electrons. The van der Waals surface area contributed by atoms with Crippen molar-refractivity contribution < 1.29 is 4.79 Å². The highest BCUT2D eigenvalue weighted by Gasteiger charge is 2.15. The smallest absolute Gasteiger partial charge is 0.212 e. The topological polar surface area (TPSA) is 73.8 Å². The summed E-state index contributed by atoms with van der Waals surface area (Å²) < 4.78 is 2.39. The molecular weight excluding hydrogens is 296 g/mol. The Kier molecular flexibility index (Phi) is 3.76.